The van der Waals surface area contributed by atoms with E-state index in [1.165, 1.54) is 81.3 Å². The summed E-state index contributed by atoms with van der Waals surface area (Å²) < 4.78 is 94.4. The monoisotopic (exact) mass is 1090 g/mol. The number of nitrogens with zero attached hydrogens (tertiary/aromatic N) is 15. The van der Waals surface area contributed by atoms with Crippen molar-refractivity contribution >= 4 is 31.3 Å². The molecule has 0 aliphatic heterocycles. The van der Waals surface area contributed by atoms with Gasteiger partial charge in [-0.05, 0) is 50.2 Å². The number of hydrogen-bond acceptors (Lipinski definition) is 21. The van der Waals surface area contributed by atoms with E-state index in [-0.39, 0.29) is 28.9 Å². The Balaban J connectivity index is 0.000000219. The molecular weight excluding hydrogens is 1030 g/mol. The summed E-state index contributed by atoms with van der Waals surface area (Å²) in [6, 6.07) is 15.9. The molecule has 28 heteroatoms. The molecule has 0 unspecified atom stereocenters. The van der Waals surface area contributed by atoms with E-state index in [9.17, 15) is 16.8 Å². The highest BCUT2D eigenvalue weighted by Gasteiger charge is 2.37. The molecule has 2 aromatic carbocycles. The molecule has 394 valence electrons. The van der Waals surface area contributed by atoms with E-state index in [1.54, 1.807) is 93.5 Å². The van der Waals surface area contributed by atoms with Gasteiger partial charge >= 0.3 is 0 Å². The number of sulfone groups is 2. The smallest absolute Gasteiger partial charge is 0.189 e. The molecule has 4 atom stereocenters. The zero-order valence-electron chi connectivity index (χ0n) is 42.3. The van der Waals surface area contributed by atoms with Crippen molar-refractivity contribution in [1.82, 2.24) is 69.0 Å². The maximum absolute atomic E-state index is 13.7. The summed E-state index contributed by atoms with van der Waals surface area (Å²) in [7, 11) is 4.52. The molecule has 0 spiro atoms. The minimum Gasteiger partial charge on any atom is -0.494 e. The molecule has 0 amide bonds. The lowest BCUT2D eigenvalue weighted by Crippen LogP contribution is -2.30. The van der Waals surface area contributed by atoms with Gasteiger partial charge in [-0.15, -0.1) is 20.4 Å². The fourth-order valence-corrected chi connectivity index (χ4v) is 10.8. The number of methoxy groups -OCH3 is 6. The lowest BCUT2D eigenvalue weighted by Gasteiger charge is -2.22. The number of benzene rings is 2. The Hall–Kier alpha value is -7.90. The fraction of sp³-hybridized carbons (Fsp3) is 0.340. The highest BCUT2D eigenvalue weighted by molar-refractivity contribution is 7.91. The quantitative estimate of drug-likeness (QED) is 0.0984. The zero-order valence-corrected chi connectivity index (χ0v) is 44.7. The first-order chi connectivity index (χ1) is 35.9. The number of para-hydroxylation sites is 2. The van der Waals surface area contributed by atoms with E-state index in [2.05, 4.69) is 50.5 Å². The molecule has 0 radical (unpaired) electrons. The van der Waals surface area contributed by atoms with E-state index in [1.807, 2.05) is 6.07 Å². The van der Waals surface area contributed by atoms with Crippen LogP contribution >= 0.6 is 11.6 Å². The number of nitriles is 1. The van der Waals surface area contributed by atoms with E-state index >= 15 is 0 Å². The Morgan fingerprint density at radius 3 is 1.24 bits per heavy atom. The van der Waals surface area contributed by atoms with Crippen molar-refractivity contribution in [2.75, 3.05) is 42.7 Å². The predicted octanol–water partition coefficient (Wildman–Crippen LogP) is 4.86. The fourth-order valence-electron chi connectivity index (χ4n) is 7.82. The van der Waals surface area contributed by atoms with Gasteiger partial charge in [-0.25, -0.2) is 36.8 Å². The van der Waals surface area contributed by atoms with Crippen LogP contribution in [0.4, 0.5) is 0 Å². The van der Waals surface area contributed by atoms with Crippen molar-refractivity contribution in [2.45, 2.75) is 48.1 Å². The van der Waals surface area contributed by atoms with Gasteiger partial charge in [0, 0.05) is 65.5 Å². The van der Waals surface area contributed by atoms with Crippen molar-refractivity contribution < 1.29 is 45.3 Å². The minimum atomic E-state index is -3.92. The number of hydrogen-bond donors (Lipinski definition) is 0. The highest BCUT2D eigenvalue weighted by atomic mass is 35.5. The van der Waals surface area contributed by atoms with Crippen LogP contribution in [-0.4, -0.2) is 139 Å². The molecule has 6 heterocycles. The minimum absolute atomic E-state index is 0.121. The summed E-state index contributed by atoms with van der Waals surface area (Å²) in [4.78, 5) is 16.5. The van der Waals surface area contributed by atoms with Crippen molar-refractivity contribution in [3.05, 3.63) is 120 Å². The third kappa shape index (κ3) is 11.7. The van der Waals surface area contributed by atoms with Crippen LogP contribution < -0.4 is 18.9 Å². The van der Waals surface area contributed by atoms with Crippen molar-refractivity contribution in [3.63, 3.8) is 0 Å². The van der Waals surface area contributed by atoms with Gasteiger partial charge in [0.1, 0.15) is 75.5 Å². The van der Waals surface area contributed by atoms with Crippen LogP contribution in [0.5, 0.6) is 23.0 Å². The first-order valence-electron chi connectivity index (χ1n) is 22.4. The molecular formula is C47H52ClN15O10S2. The van der Waals surface area contributed by atoms with Gasteiger partial charge in [-0.2, -0.15) is 15.5 Å². The van der Waals surface area contributed by atoms with E-state index in [4.69, 9.17) is 45.3 Å². The Morgan fingerprint density at radius 2 is 0.933 bits per heavy atom. The lowest BCUT2D eigenvalue weighted by molar-refractivity contribution is 0.0947. The normalized spacial score (nSPS) is 13.2. The standard InChI is InChI=1S/C24H26N8O5S.C23H26ClN7O5S/c1-15(22(37-5)23-26-12-16(11-25)13-27-23)38(33,34)14-20-28-29-24(17-9-10-31(2)30-17)32(20)21-18(35-3)7-6-8-19(21)36-4;1-14(21(36-5)22-25-11-15(24)12-26-22)37(32,33)13-19-27-28-23(16-9-10-30(2)29-16)31(19)20-17(34-3)7-6-8-18(20)35-4/h6-10,12-13,15,22H,14H2,1-5H3;6-12,14,21H,13H2,1-5H3/t15-,22-;14-,21-/m00/s1. The molecule has 0 aliphatic carbocycles. The lowest BCUT2D eigenvalue weighted by atomic mass is 10.2. The van der Waals surface area contributed by atoms with Gasteiger partial charge in [0.15, 0.2) is 54.6 Å². The molecule has 0 aliphatic rings. The molecule has 0 fully saturated rings. The summed E-state index contributed by atoms with van der Waals surface area (Å²) in [5.41, 5.74) is 2.09. The average Bonchev–Trinajstić information content (AvgIpc) is 4.25. The third-order valence-electron chi connectivity index (χ3n) is 11.7. The Bertz CT molecular complexity index is 3480. The molecule has 8 aromatic rings. The van der Waals surface area contributed by atoms with Crippen LogP contribution in [0.25, 0.3) is 34.4 Å². The predicted molar refractivity (Wildman–Crippen MR) is 271 cm³/mol. The molecule has 0 saturated heterocycles. The largest absolute Gasteiger partial charge is 0.494 e. The van der Waals surface area contributed by atoms with Gasteiger partial charge in [-0.3, -0.25) is 18.5 Å². The number of aromatic nitrogens is 14. The summed E-state index contributed by atoms with van der Waals surface area (Å²) in [6.07, 6.45) is 6.98. The van der Waals surface area contributed by atoms with Crippen molar-refractivity contribution in [1.29, 1.82) is 5.26 Å². The summed E-state index contributed by atoms with van der Waals surface area (Å²) in [5, 5.41) is 33.2. The van der Waals surface area contributed by atoms with Crippen LogP contribution in [0.3, 0.4) is 0 Å². The first kappa shape index (κ1) is 54.9. The van der Waals surface area contributed by atoms with Crippen molar-refractivity contribution in [3.8, 4) is 63.5 Å². The van der Waals surface area contributed by atoms with E-state index in [0.717, 1.165) is 0 Å². The second-order valence-electron chi connectivity index (χ2n) is 16.4. The topological polar surface area (TPSA) is 296 Å². The van der Waals surface area contributed by atoms with Gasteiger partial charge in [0.25, 0.3) is 0 Å². The van der Waals surface area contributed by atoms with Gasteiger partial charge in [0.2, 0.25) is 0 Å². The molecule has 8 rings (SSSR count). The van der Waals surface area contributed by atoms with Crippen LogP contribution in [0.2, 0.25) is 5.02 Å². The van der Waals surface area contributed by atoms with Gasteiger partial charge in [0.05, 0.1) is 49.5 Å². The maximum atomic E-state index is 13.7. The van der Waals surface area contributed by atoms with Crippen molar-refractivity contribution in [2.24, 2.45) is 14.1 Å². The van der Waals surface area contributed by atoms with Gasteiger partial charge in [-0.1, -0.05) is 23.7 Å². The number of ether oxygens (including phenoxy) is 6. The molecule has 0 saturated carbocycles. The Labute approximate surface area is 436 Å². The number of rotatable bonds is 20. The molecule has 0 bridgehead atoms. The van der Waals surface area contributed by atoms with Crippen LogP contribution in [0, 0.1) is 11.3 Å². The number of halogens is 1. The summed E-state index contributed by atoms with van der Waals surface area (Å²) in [6.45, 7) is 3.04. The van der Waals surface area contributed by atoms with Gasteiger partial charge < -0.3 is 28.4 Å². The average molecular weight is 1090 g/mol. The first-order valence-corrected chi connectivity index (χ1v) is 26.2. The molecule has 0 N–H and O–H groups in total. The number of aryl methyl sites for hydroxylation is 2. The second kappa shape index (κ2) is 23.5. The van der Waals surface area contributed by atoms with E-state index < -0.39 is 53.9 Å². The van der Waals surface area contributed by atoms with Crippen LogP contribution in [-0.2, 0) is 54.7 Å². The highest BCUT2D eigenvalue weighted by Crippen LogP contribution is 2.39. The molecule has 75 heavy (non-hydrogen) atoms. The SMILES string of the molecule is COc1cccc(OC)c1-n1c(CS(=O)(=O)[C@@H](C)[C@H](OC)c2ncc(C#N)cn2)nnc1-c1ccn(C)n1.COc1cccc(OC)c1-n1c(CS(=O)(=O)[C@@H](C)[C@H](OC)c2ncc(Cl)cn2)nnc1-c1ccn(C)n1. The zero-order chi connectivity index (χ0) is 54.2. The summed E-state index contributed by atoms with van der Waals surface area (Å²) >= 11 is 5.89. The second-order valence-corrected chi connectivity index (χ2v) is 21.5. The Morgan fingerprint density at radius 1 is 0.573 bits per heavy atom. The van der Waals surface area contributed by atoms with E-state index in [0.29, 0.717) is 62.4 Å². The van der Waals surface area contributed by atoms with Crippen LogP contribution in [0.1, 0.15) is 54.9 Å². The molecule has 25 nitrogen and oxygen atoms in total. The molecule has 6 aromatic heterocycles. The maximum Gasteiger partial charge on any atom is 0.189 e. The third-order valence-corrected chi connectivity index (χ3v) is 16.0. The Kier molecular flexibility index (Phi) is 17.2. The summed E-state index contributed by atoms with van der Waals surface area (Å²) in [5.74, 6) is 2.00. The van der Waals surface area contributed by atoms with Crippen LogP contribution in [0.15, 0.2) is 85.7 Å².